The van der Waals surface area contributed by atoms with E-state index < -0.39 is 0 Å². The SMILES string of the molecule is NCc1ccc(N2C(=O)CNc3cc(Br)ccc32)cc1. The standard InChI is InChI=1S/C15H14BrN3O/c16-11-3-6-14-13(7-11)18-9-15(20)19(14)12-4-1-10(8-17)2-5-12/h1-7,18H,8-9,17H2. The molecule has 0 saturated carbocycles. The minimum Gasteiger partial charge on any atom is -0.374 e. The summed E-state index contributed by atoms with van der Waals surface area (Å²) in [5, 5.41) is 3.13. The van der Waals surface area contributed by atoms with Crippen molar-refractivity contribution in [1.82, 2.24) is 0 Å². The number of anilines is 3. The number of nitrogens with two attached hydrogens (primary N) is 1. The molecule has 0 saturated heterocycles. The molecule has 3 rings (SSSR count). The summed E-state index contributed by atoms with van der Waals surface area (Å²) in [6, 6.07) is 13.6. The number of amides is 1. The van der Waals surface area contributed by atoms with Crippen molar-refractivity contribution in [3.8, 4) is 0 Å². The van der Waals surface area contributed by atoms with E-state index in [-0.39, 0.29) is 5.91 Å². The summed E-state index contributed by atoms with van der Waals surface area (Å²) in [5.74, 6) is 0.0281. The average molecular weight is 332 g/mol. The molecule has 3 N–H and O–H groups in total. The first-order valence-electron chi connectivity index (χ1n) is 6.34. The molecule has 0 fully saturated rings. The summed E-state index contributed by atoms with van der Waals surface area (Å²) in [7, 11) is 0. The number of halogens is 1. The van der Waals surface area contributed by atoms with Gasteiger partial charge in [0.05, 0.1) is 17.9 Å². The lowest BCUT2D eigenvalue weighted by Gasteiger charge is -2.30. The first-order chi connectivity index (χ1) is 9.69. The molecular weight excluding hydrogens is 318 g/mol. The van der Waals surface area contributed by atoms with Crippen molar-refractivity contribution < 1.29 is 4.79 Å². The maximum Gasteiger partial charge on any atom is 0.250 e. The van der Waals surface area contributed by atoms with E-state index in [1.54, 1.807) is 4.90 Å². The summed E-state index contributed by atoms with van der Waals surface area (Å²) in [6.45, 7) is 0.793. The maximum absolute atomic E-state index is 12.2. The Kier molecular flexibility index (Phi) is 3.46. The van der Waals surface area contributed by atoms with Crippen LogP contribution < -0.4 is 16.0 Å². The molecular formula is C15H14BrN3O. The molecule has 0 unspecified atom stereocenters. The van der Waals surface area contributed by atoms with Gasteiger partial charge < -0.3 is 11.1 Å². The lowest BCUT2D eigenvalue weighted by atomic mass is 10.1. The van der Waals surface area contributed by atoms with E-state index >= 15 is 0 Å². The molecule has 1 aliphatic rings. The number of carbonyl (C=O) groups is 1. The molecule has 20 heavy (non-hydrogen) atoms. The highest BCUT2D eigenvalue weighted by Gasteiger charge is 2.25. The van der Waals surface area contributed by atoms with Gasteiger partial charge in [-0.25, -0.2) is 0 Å². The maximum atomic E-state index is 12.2. The topological polar surface area (TPSA) is 58.4 Å². The Labute approximate surface area is 125 Å². The van der Waals surface area contributed by atoms with Gasteiger partial charge in [-0.05, 0) is 35.9 Å². The van der Waals surface area contributed by atoms with Crippen LogP contribution in [-0.2, 0) is 11.3 Å². The number of carbonyl (C=O) groups excluding carboxylic acids is 1. The van der Waals surface area contributed by atoms with Crippen LogP contribution in [0.4, 0.5) is 17.1 Å². The fourth-order valence-corrected chi connectivity index (χ4v) is 2.65. The summed E-state index contributed by atoms with van der Waals surface area (Å²) >= 11 is 3.44. The number of hydrogen-bond donors (Lipinski definition) is 2. The smallest absolute Gasteiger partial charge is 0.250 e. The second kappa shape index (κ2) is 5.26. The molecule has 0 radical (unpaired) electrons. The van der Waals surface area contributed by atoms with E-state index in [0.29, 0.717) is 13.1 Å². The van der Waals surface area contributed by atoms with E-state index in [0.717, 1.165) is 27.1 Å². The second-order valence-corrected chi connectivity index (χ2v) is 5.53. The molecule has 1 amide bonds. The van der Waals surface area contributed by atoms with E-state index in [1.165, 1.54) is 0 Å². The zero-order valence-electron chi connectivity index (χ0n) is 10.8. The molecule has 0 atom stereocenters. The number of nitrogens with zero attached hydrogens (tertiary/aromatic N) is 1. The predicted molar refractivity (Wildman–Crippen MR) is 84.1 cm³/mol. The van der Waals surface area contributed by atoms with Gasteiger partial charge in [0.1, 0.15) is 0 Å². The molecule has 4 nitrogen and oxygen atoms in total. The quantitative estimate of drug-likeness (QED) is 0.889. The molecule has 0 aromatic heterocycles. The Morgan fingerprint density at radius 3 is 2.65 bits per heavy atom. The van der Waals surface area contributed by atoms with Gasteiger partial charge in [-0.2, -0.15) is 0 Å². The van der Waals surface area contributed by atoms with Crippen LogP contribution in [0.15, 0.2) is 46.9 Å². The van der Waals surface area contributed by atoms with Gasteiger partial charge >= 0.3 is 0 Å². The average Bonchev–Trinajstić information content (AvgIpc) is 2.48. The van der Waals surface area contributed by atoms with Gasteiger partial charge in [-0.3, -0.25) is 9.69 Å². The van der Waals surface area contributed by atoms with Crippen LogP contribution >= 0.6 is 15.9 Å². The van der Waals surface area contributed by atoms with Gasteiger partial charge in [0.2, 0.25) is 0 Å². The van der Waals surface area contributed by atoms with Crippen molar-refractivity contribution in [2.75, 3.05) is 16.8 Å². The number of rotatable bonds is 2. The summed E-state index contributed by atoms with van der Waals surface area (Å²) < 4.78 is 0.983. The summed E-state index contributed by atoms with van der Waals surface area (Å²) in [6.07, 6.45) is 0. The third kappa shape index (κ3) is 2.30. The Hall–Kier alpha value is -1.85. The van der Waals surface area contributed by atoms with E-state index in [9.17, 15) is 4.79 Å². The summed E-state index contributed by atoms with van der Waals surface area (Å²) in [5.41, 5.74) is 9.32. The largest absolute Gasteiger partial charge is 0.374 e. The van der Waals surface area contributed by atoms with Crippen molar-refractivity contribution in [1.29, 1.82) is 0 Å². The van der Waals surface area contributed by atoms with Crippen LogP contribution in [0.1, 0.15) is 5.56 Å². The molecule has 1 heterocycles. The van der Waals surface area contributed by atoms with Crippen LogP contribution in [0.25, 0.3) is 0 Å². The van der Waals surface area contributed by atoms with Crippen LogP contribution in [0.5, 0.6) is 0 Å². The van der Waals surface area contributed by atoms with Crippen molar-refractivity contribution in [3.63, 3.8) is 0 Å². The first-order valence-corrected chi connectivity index (χ1v) is 7.14. The lowest BCUT2D eigenvalue weighted by molar-refractivity contribution is -0.116. The third-order valence-corrected chi connectivity index (χ3v) is 3.80. The van der Waals surface area contributed by atoms with Crippen molar-refractivity contribution in [2.45, 2.75) is 6.54 Å². The highest BCUT2D eigenvalue weighted by molar-refractivity contribution is 9.10. The molecule has 0 bridgehead atoms. The normalized spacial score (nSPS) is 13.9. The number of fused-ring (bicyclic) bond motifs is 1. The zero-order valence-corrected chi connectivity index (χ0v) is 12.4. The zero-order chi connectivity index (χ0) is 14.1. The molecule has 102 valence electrons. The highest BCUT2D eigenvalue weighted by Crippen LogP contribution is 2.36. The van der Waals surface area contributed by atoms with E-state index in [2.05, 4.69) is 21.2 Å². The van der Waals surface area contributed by atoms with Gasteiger partial charge in [0.15, 0.2) is 0 Å². The number of benzene rings is 2. The molecule has 1 aliphatic heterocycles. The van der Waals surface area contributed by atoms with Gasteiger partial charge in [0.25, 0.3) is 5.91 Å². The lowest BCUT2D eigenvalue weighted by Crippen LogP contribution is -2.36. The predicted octanol–water partition coefficient (Wildman–Crippen LogP) is 3.00. The van der Waals surface area contributed by atoms with Crippen molar-refractivity contribution >= 4 is 38.9 Å². The van der Waals surface area contributed by atoms with Crippen molar-refractivity contribution in [2.24, 2.45) is 5.73 Å². The fourth-order valence-electron chi connectivity index (χ4n) is 2.29. The molecule has 0 aliphatic carbocycles. The molecule has 0 spiro atoms. The van der Waals surface area contributed by atoms with E-state index in [1.807, 2.05) is 42.5 Å². The minimum atomic E-state index is 0.0281. The van der Waals surface area contributed by atoms with Gasteiger partial charge in [-0.15, -0.1) is 0 Å². The molecule has 5 heteroatoms. The Bertz CT molecular complexity index is 655. The highest BCUT2D eigenvalue weighted by atomic mass is 79.9. The Balaban J connectivity index is 2.05. The summed E-state index contributed by atoms with van der Waals surface area (Å²) in [4.78, 5) is 14.0. The fraction of sp³-hybridized carbons (Fsp3) is 0.133. The van der Waals surface area contributed by atoms with Crippen LogP contribution in [-0.4, -0.2) is 12.5 Å². The Morgan fingerprint density at radius 1 is 1.20 bits per heavy atom. The first kappa shape index (κ1) is 13.1. The van der Waals surface area contributed by atoms with Crippen LogP contribution in [0, 0.1) is 0 Å². The minimum absolute atomic E-state index is 0.0281. The molecule has 2 aromatic rings. The van der Waals surface area contributed by atoms with Crippen LogP contribution in [0.2, 0.25) is 0 Å². The van der Waals surface area contributed by atoms with Gasteiger partial charge in [-0.1, -0.05) is 28.1 Å². The second-order valence-electron chi connectivity index (χ2n) is 4.61. The number of nitrogens with one attached hydrogen (secondary N) is 1. The number of hydrogen-bond acceptors (Lipinski definition) is 3. The van der Waals surface area contributed by atoms with Gasteiger partial charge in [0, 0.05) is 16.7 Å². The Morgan fingerprint density at radius 2 is 1.95 bits per heavy atom. The monoisotopic (exact) mass is 331 g/mol. The van der Waals surface area contributed by atoms with E-state index in [4.69, 9.17) is 5.73 Å². The molecule has 2 aromatic carbocycles. The van der Waals surface area contributed by atoms with Crippen molar-refractivity contribution in [3.05, 3.63) is 52.5 Å². The van der Waals surface area contributed by atoms with Crippen LogP contribution in [0.3, 0.4) is 0 Å². The third-order valence-electron chi connectivity index (χ3n) is 3.31.